The molecule has 25 heavy (non-hydrogen) atoms. The van der Waals surface area contributed by atoms with Gasteiger partial charge in [-0.2, -0.15) is 0 Å². The van der Waals surface area contributed by atoms with Gasteiger partial charge in [-0.1, -0.05) is 30.8 Å². The first-order valence-corrected chi connectivity index (χ1v) is 8.79. The van der Waals surface area contributed by atoms with Gasteiger partial charge in [-0.15, -0.1) is 0 Å². The minimum Gasteiger partial charge on any atom is -0.407 e. The first kappa shape index (κ1) is 17.4. The Labute approximate surface area is 147 Å². The Morgan fingerprint density at radius 3 is 2.76 bits per heavy atom. The number of aliphatic hydroxyl groups is 1. The third-order valence-electron chi connectivity index (χ3n) is 3.86. The minimum atomic E-state index is -0.885. The Kier molecular flexibility index (Phi) is 5.30. The lowest BCUT2D eigenvalue weighted by molar-refractivity contribution is 0.0622. The second-order valence-electron chi connectivity index (χ2n) is 5.53. The van der Waals surface area contributed by atoms with Gasteiger partial charge in [0.25, 0.3) is 0 Å². The van der Waals surface area contributed by atoms with Crippen LogP contribution in [0.1, 0.15) is 18.1 Å². The number of carbonyl (C=O) groups is 1. The maximum Gasteiger partial charge on any atom is 0.426 e. The molecular formula is C17H17N3O4S. The second-order valence-corrected chi connectivity index (χ2v) is 6.60. The fourth-order valence-electron chi connectivity index (χ4n) is 2.42. The van der Waals surface area contributed by atoms with E-state index in [-0.39, 0.29) is 0 Å². The molecule has 3 aromatic rings. The third kappa shape index (κ3) is 3.80. The summed E-state index contributed by atoms with van der Waals surface area (Å²) < 4.78 is 6.06. The normalized spacial score (nSPS) is 13.7. The summed E-state index contributed by atoms with van der Waals surface area (Å²) in [6.07, 6.45) is 2.78. The van der Waals surface area contributed by atoms with Gasteiger partial charge in [0.1, 0.15) is 0 Å². The van der Waals surface area contributed by atoms with Crippen LogP contribution in [0.2, 0.25) is 0 Å². The molecule has 0 saturated carbocycles. The van der Waals surface area contributed by atoms with Crippen molar-refractivity contribution in [1.82, 2.24) is 14.5 Å². The molecule has 2 aromatic heterocycles. The zero-order valence-electron chi connectivity index (χ0n) is 13.5. The number of fused-ring (bicyclic) bond motifs is 1. The molecule has 0 amide bonds. The molecule has 2 atom stereocenters. The number of aromatic nitrogens is 3. The van der Waals surface area contributed by atoms with E-state index in [1.54, 1.807) is 49.6 Å². The van der Waals surface area contributed by atoms with Crippen molar-refractivity contribution < 1.29 is 14.3 Å². The molecule has 0 bridgehead atoms. The average Bonchev–Trinajstić information content (AvgIpc) is 2.97. The Morgan fingerprint density at radius 1 is 1.28 bits per heavy atom. The number of thioether (sulfide) groups is 1. The highest BCUT2D eigenvalue weighted by Gasteiger charge is 2.26. The lowest BCUT2D eigenvalue weighted by atomic mass is 10.0. The van der Waals surface area contributed by atoms with Crippen molar-refractivity contribution in [2.75, 3.05) is 5.75 Å². The summed E-state index contributed by atoms with van der Waals surface area (Å²) in [6.45, 7) is 1.60. The summed E-state index contributed by atoms with van der Waals surface area (Å²) in [6, 6.07) is 8.43. The number of rotatable bonds is 6. The topological polar surface area (TPSA) is 98.2 Å². The zero-order chi connectivity index (χ0) is 17.8. The molecule has 0 unspecified atom stereocenters. The van der Waals surface area contributed by atoms with Crippen molar-refractivity contribution in [2.24, 2.45) is 5.92 Å². The molecule has 0 aliphatic carbocycles. The largest absolute Gasteiger partial charge is 0.426 e. The fourth-order valence-corrected chi connectivity index (χ4v) is 3.24. The minimum absolute atomic E-state index is 0.347. The lowest BCUT2D eigenvalue weighted by Gasteiger charge is -2.17. The summed E-state index contributed by atoms with van der Waals surface area (Å²) in [4.78, 5) is 32.8. The lowest BCUT2D eigenvalue weighted by Crippen LogP contribution is -2.34. The number of nitrogens with zero attached hydrogens (tertiary/aromatic N) is 3. The van der Waals surface area contributed by atoms with Crippen LogP contribution in [-0.2, 0) is 0 Å². The number of aliphatic hydroxyl groups excluding tert-OH is 1. The molecule has 7 nitrogen and oxygen atoms in total. The summed E-state index contributed by atoms with van der Waals surface area (Å²) in [7, 11) is 0. The van der Waals surface area contributed by atoms with Crippen LogP contribution in [0.5, 0.6) is 0 Å². The third-order valence-corrected chi connectivity index (χ3v) is 4.77. The summed E-state index contributed by atoms with van der Waals surface area (Å²) in [5.41, 5.74) is 0.753. The van der Waals surface area contributed by atoms with Gasteiger partial charge >= 0.3 is 5.76 Å². The van der Waals surface area contributed by atoms with Crippen LogP contribution in [-0.4, -0.2) is 37.4 Å². The van der Waals surface area contributed by atoms with E-state index in [0.717, 1.165) is 4.57 Å². The van der Waals surface area contributed by atoms with Crippen molar-refractivity contribution >= 4 is 28.8 Å². The van der Waals surface area contributed by atoms with E-state index >= 15 is 0 Å². The van der Waals surface area contributed by atoms with Crippen LogP contribution in [0.15, 0.2) is 57.1 Å². The van der Waals surface area contributed by atoms with Crippen molar-refractivity contribution in [1.29, 1.82) is 0 Å². The highest BCUT2D eigenvalue weighted by Crippen LogP contribution is 2.19. The van der Waals surface area contributed by atoms with Crippen molar-refractivity contribution in [3.63, 3.8) is 0 Å². The number of hydrogen-bond acceptors (Lipinski definition) is 7. The Morgan fingerprint density at radius 2 is 2.00 bits per heavy atom. The van der Waals surface area contributed by atoms with Crippen molar-refractivity contribution in [3.05, 3.63) is 53.3 Å². The highest BCUT2D eigenvalue weighted by molar-refractivity contribution is 7.99. The van der Waals surface area contributed by atoms with Crippen molar-refractivity contribution in [3.8, 4) is 0 Å². The molecule has 0 spiro atoms. The van der Waals surface area contributed by atoms with Gasteiger partial charge in [0.2, 0.25) is 5.91 Å². The number of benzene rings is 1. The van der Waals surface area contributed by atoms with E-state index in [9.17, 15) is 14.7 Å². The maximum atomic E-state index is 12.6. The van der Waals surface area contributed by atoms with E-state index in [4.69, 9.17) is 4.42 Å². The van der Waals surface area contributed by atoms with Gasteiger partial charge in [0, 0.05) is 18.1 Å². The predicted octanol–water partition coefficient (Wildman–Crippen LogP) is 2.20. The van der Waals surface area contributed by atoms with E-state index in [0.29, 0.717) is 28.4 Å². The van der Waals surface area contributed by atoms with Gasteiger partial charge in [-0.05, 0) is 24.6 Å². The average molecular weight is 359 g/mol. The summed E-state index contributed by atoms with van der Waals surface area (Å²) >= 11 is 1.40. The number of carbonyl (C=O) groups excluding carboxylic acids is 1. The quantitative estimate of drug-likeness (QED) is 0.532. The van der Waals surface area contributed by atoms with Crippen LogP contribution in [0, 0.1) is 5.92 Å². The van der Waals surface area contributed by atoms with E-state index in [2.05, 4.69) is 9.97 Å². The van der Waals surface area contributed by atoms with E-state index < -0.39 is 23.7 Å². The van der Waals surface area contributed by atoms with Crippen LogP contribution in [0.25, 0.3) is 11.1 Å². The van der Waals surface area contributed by atoms with E-state index in [1.807, 2.05) is 0 Å². The maximum absolute atomic E-state index is 12.6. The summed E-state index contributed by atoms with van der Waals surface area (Å²) in [5.74, 6) is -1.40. The molecule has 2 heterocycles. The van der Waals surface area contributed by atoms with Gasteiger partial charge in [0.05, 0.1) is 17.5 Å². The first-order chi connectivity index (χ1) is 12.1. The van der Waals surface area contributed by atoms with Crippen molar-refractivity contribution in [2.45, 2.75) is 24.6 Å². The van der Waals surface area contributed by atoms with Crippen LogP contribution in [0.4, 0.5) is 0 Å². The zero-order valence-corrected chi connectivity index (χ0v) is 14.3. The number of hydrogen-bond donors (Lipinski definition) is 1. The molecule has 0 radical (unpaired) electrons. The second kappa shape index (κ2) is 7.62. The van der Waals surface area contributed by atoms with Crippen LogP contribution in [0.3, 0.4) is 0 Å². The van der Waals surface area contributed by atoms with E-state index in [1.165, 1.54) is 11.8 Å². The van der Waals surface area contributed by atoms with Crippen LogP contribution < -0.4 is 5.76 Å². The number of para-hydroxylation sites is 2. The van der Waals surface area contributed by atoms with Crippen LogP contribution >= 0.6 is 11.8 Å². The predicted molar refractivity (Wildman–Crippen MR) is 93.6 cm³/mol. The van der Waals surface area contributed by atoms with Gasteiger partial charge < -0.3 is 9.52 Å². The molecule has 8 heteroatoms. The highest BCUT2D eigenvalue weighted by atomic mass is 32.2. The molecule has 0 fully saturated rings. The molecule has 0 aliphatic heterocycles. The van der Waals surface area contributed by atoms with Gasteiger partial charge in [-0.25, -0.2) is 19.3 Å². The molecule has 3 rings (SSSR count). The Balaban J connectivity index is 1.67. The van der Waals surface area contributed by atoms with Gasteiger partial charge in [-0.3, -0.25) is 4.79 Å². The summed E-state index contributed by atoms with van der Waals surface area (Å²) in [5, 5.41) is 10.9. The smallest absolute Gasteiger partial charge is 0.407 e. The monoisotopic (exact) mass is 359 g/mol. The standard InChI is InChI=1S/C17H17N3O4S/c1-11(13(21)7-10-25-16-18-8-4-9-19-16)15(22)20-12-5-2-3-6-14(12)24-17(20)23/h2-6,8-9,11,13,21H,7,10H2,1H3/t11-,13+/m1/s1. The molecule has 0 aliphatic rings. The molecule has 1 N–H and O–H groups in total. The SMILES string of the molecule is C[C@@H](C(=O)n1c(=O)oc2ccccc21)[C@@H](O)CCSc1ncccn1. The number of oxazole rings is 1. The molecule has 1 aromatic carbocycles. The Bertz CT molecular complexity index is 922. The molecule has 130 valence electrons. The van der Waals surface area contributed by atoms with Gasteiger partial charge in [0.15, 0.2) is 10.7 Å². The molecular weight excluding hydrogens is 342 g/mol. The first-order valence-electron chi connectivity index (χ1n) is 7.80. The molecule has 0 saturated heterocycles. The Hall–Kier alpha value is -2.45. The fraction of sp³-hybridized carbons (Fsp3) is 0.294.